The number of fused-ring (bicyclic) bond motifs is 1. The molecule has 1 saturated heterocycles. The predicted molar refractivity (Wildman–Crippen MR) is 129 cm³/mol. The first kappa shape index (κ1) is 19.4. The molecule has 1 fully saturated rings. The number of nitrogens with one attached hydrogen (secondary N) is 2. The Morgan fingerprint density at radius 1 is 0.967 bits per heavy atom. The third-order valence-corrected chi connectivity index (χ3v) is 6.96. The van der Waals surface area contributed by atoms with Crippen LogP contribution >= 0.6 is 11.3 Å². The summed E-state index contributed by atoms with van der Waals surface area (Å²) in [6.07, 6.45) is 2.15. The van der Waals surface area contributed by atoms with Crippen LogP contribution in [-0.2, 0) is 6.54 Å². The summed E-state index contributed by atoms with van der Waals surface area (Å²) in [6, 6.07) is 20.0. The van der Waals surface area contributed by atoms with E-state index < -0.39 is 0 Å². The molecular weight excluding hydrogens is 388 g/mol. The zero-order valence-electron chi connectivity index (χ0n) is 17.4. The van der Waals surface area contributed by atoms with Crippen LogP contribution in [0.4, 0.5) is 11.4 Å². The van der Waals surface area contributed by atoms with E-state index in [1.54, 1.807) is 11.3 Å². The molecule has 2 aliphatic rings. The van der Waals surface area contributed by atoms with Crippen molar-refractivity contribution in [3.05, 3.63) is 77.3 Å². The third kappa shape index (κ3) is 4.15. The highest BCUT2D eigenvalue weighted by Gasteiger charge is 2.16. The van der Waals surface area contributed by atoms with E-state index in [1.165, 1.54) is 32.8 Å². The Morgan fingerprint density at radius 3 is 2.57 bits per heavy atom. The maximum Gasteiger partial charge on any atom is 0.0381 e. The van der Waals surface area contributed by atoms with Gasteiger partial charge in [0.2, 0.25) is 0 Å². The molecule has 0 aliphatic carbocycles. The van der Waals surface area contributed by atoms with Gasteiger partial charge in [0.1, 0.15) is 0 Å². The topological polar surface area (TPSA) is 30.5 Å². The van der Waals surface area contributed by atoms with Crippen molar-refractivity contribution in [1.29, 1.82) is 0 Å². The molecule has 2 aromatic carbocycles. The smallest absolute Gasteiger partial charge is 0.0381 e. The molecule has 3 aromatic rings. The Hall–Kier alpha value is -2.60. The lowest BCUT2D eigenvalue weighted by atomic mass is 9.94. The minimum absolute atomic E-state index is 0.887. The SMILES string of the molecule is CN1CCN(c2ccc(NC=C3CNCc4cc(-c5cccs5)ccc43)cc2)CC1. The van der Waals surface area contributed by atoms with Gasteiger partial charge in [-0.15, -0.1) is 11.3 Å². The van der Waals surface area contributed by atoms with Gasteiger partial charge in [-0.3, -0.25) is 0 Å². The molecule has 2 N–H and O–H groups in total. The molecule has 0 saturated carbocycles. The van der Waals surface area contributed by atoms with Crippen LogP contribution < -0.4 is 15.5 Å². The number of rotatable bonds is 4. The molecule has 0 bridgehead atoms. The van der Waals surface area contributed by atoms with Gasteiger partial charge < -0.3 is 20.4 Å². The first-order valence-corrected chi connectivity index (χ1v) is 11.5. The average molecular weight is 417 g/mol. The minimum Gasteiger partial charge on any atom is -0.369 e. The third-order valence-electron chi connectivity index (χ3n) is 6.04. The second-order valence-electron chi connectivity index (χ2n) is 8.10. The molecule has 0 amide bonds. The summed E-state index contributed by atoms with van der Waals surface area (Å²) in [5.41, 5.74) is 7.76. The fourth-order valence-electron chi connectivity index (χ4n) is 4.21. The van der Waals surface area contributed by atoms with Gasteiger partial charge in [0.25, 0.3) is 0 Å². The van der Waals surface area contributed by atoms with Crippen LogP contribution in [0.15, 0.2) is 66.2 Å². The van der Waals surface area contributed by atoms with Crippen LogP contribution in [-0.4, -0.2) is 44.7 Å². The van der Waals surface area contributed by atoms with Crippen molar-refractivity contribution in [3.63, 3.8) is 0 Å². The number of piperazine rings is 1. The molecule has 0 spiro atoms. The van der Waals surface area contributed by atoms with Crippen molar-refractivity contribution in [3.8, 4) is 10.4 Å². The first-order chi connectivity index (χ1) is 14.8. The average Bonchev–Trinajstić information content (AvgIpc) is 3.33. The fourth-order valence-corrected chi connectivity index (χ4v) is 4.93. The lowest BCUT2D eigenvalue weighted by Crippen LogP contribution is -2.44. The van der Waals surface area contributed by atoms with E-state index in [0.29, 0.717) is 0 Å². The molecule has 4 nitrogen and oxygen atoms in total. The highest BCUT2D eigenvalue weighted by Crippen LogP contribution is 2.31. The van der Waals surface area contributed by atoms with E-state index in [9.17, 15) is 0 Å². The summed E-state index contributed by atoms with van der Waals surface area (Å²) in [4.78, 5) is 6.18. The molecule has 0 unspecified atom stereocenters. The van der Waals surface area contributed by atoms with E-state index in [0.717, 1.165) is 45.0 Å². The van der Waals surface area contributed by atoms with Crippen molar-refractivity contribution in [2.45, 2.75) is 6.54 Å². The van der Waals surface area contributed by atoms with Crippen LogP contribution in [0, 0.1) is 0 Å². The molecule has 5 heteroatoms. The molecule has 3 heterocycles. The molecule has 1 aromatic heterocycles. The van der Waals surface area contributed by atoms with E-state index >= 15 is 0 Å². The summed E-state index contributed by atoms with van der Waals surface area (Å²) in [6.45, 7) is 6.27. The standard InChI is InChI=1S/C25H28N4S/c1-28-10-12-29(13-11-28)23-7-5-22(6-8-23)27-18-21-17-26-16-20-15-19(4-9-24(20)21)25-3-2-14-30-25/h2-9,14-15,18,26-27H,10-13,16-17H2,1H3. The Bertz CT molecular complexity index is 1020. The summed E-state index contributed by atoms with van der Waals surface area (Å²) in [5.74, 6) is 0. The number of hydrogen-bond donors (Lipinski definition) is 2. The second kappa shape index (κ2) is 8.64. The fraction of sp³-hybridized carbons (Fsp3) is 0.280. The summed E-state index contributed by atoms with van der Waals surface area (Å²) >= 11 is 1.79. The van der Waals surface area contributed by atoms with Crippen LogP contribution in [0.5, 0.6) is 0 Å². The number of nitrogens with zero attached hydrogens (tertiary/aromatic N) is 2. The zero-order chi connectivity index (χ0) is 20.3. The van der Waals surface area contributed by atoms with Gasteiger partial charge in [0.05, 0.1) is 0 Å². The van der Waals surface area contributed by atoms with Crippen LogP contribution in [0.2, 0.25) is 0 Å². The van der Waals surface area contributed by atoms with E-state index in [1.807, 2.05) is 0 Å². The minimum atomic E-state index is 0.887. The molecule has 0 radical (unpaired) electrons. The molecule has 30 heavy (non-hydrogen) atoms. The quantitative estimate of drug-likeness (QED) is 0.644. The maximum atomic E-state index is 3.54. The first-order valence-electron chi connectivity index (χ1n) is 10.6. The lowest BCUT2D eigenvalue weighted by molar-refractivity contribution is 0.313. The number of anilines is 2. The van der Waals surface area contributed by atoms with Crippen molar-refractivity contribution in [2.24, 2.45) is 0 Å². The van der Waals surface area contributed by atoms with Gasteiger partial charge in [-0.25, -0.2) is 0 Å². The van der Waals surface area contributed by atoms with Gasteiger partial charge in [0.15, 0.2) is 0 Å². The molecule has 5 rings (SSSR count). The second-order valence-corrected chi connectivity index (χ2v) is 9.05. The van der Waals surface area contributed by atoms with Crippen molar-refractivity contribution < 1.29 is 0 Å². The predicted octanol–water partition coefficient (Wildman–Crippen LogP) is 4.72. The maximum absolute atomic E-state index is 3.54. The van der Waals surface area contributed by atoms with Crippen LogP contribution in [0.3, 0.4) is 0 Å². The number of likely N-dealkylation sites (N-methyl/N-ethyl adjacent to an activating group) is 1. The monoisotopic (exact) mass is 416 g/mol. The molecule has 154 valence electrons. The van der Waals surface area contributed by atoms with Gasteiger partial charge in [0, 0.05) is 61.7 Å². The zero-order valence-corrected chi connectivity index (χ0v) is 18.2. The van der Waals surface area contributed by atoms with Crippen molar-refractivity contribution >= 4 is 28.3 Å². The van der Waals surface area contributed by atoms with Crippen LogP contribution in [0.25, 0.3) is 16.0 Å². The van der Waals surface area contributed by atoms with Gasteiger partial charge >= 0.3 is 0 Å². The van der Waals surface area contributed by atoms with E-state index in [4.69, 9.17) is 0 Å². The summed E-state index contributed by atoms with van der Waals surface area (Å²) in [5, 5.41) is 9.18. The molecule has 0 atom stereocenters. The highest BCUT2D eigenvalue weighted by atomic mass is 32.1. The largest absolute Gasteiger partial charge is 0.369 e. The number of thiophene rings is 1. The number of benzene rings is 2. The van der Waals surface area contributed by atoms with Gasteiger partial charge in [-0.2, -0.15) is 0 Å². The van der Waals surface area contributed by atoms with Crippen molar-refractivity contribution in [1.82, 2.24) is 10.2 Å². The van der Waals surface area contributed by atoms with Gasteiger partial charge in [-0.05, 0) is 71.1 Å². The Kier molecular flexibility index (Phi) is 5.58. The molecular formula is C25H28N4S. The van der Waals surface area contributed by atoms with Crippen molar-refractivity contribution in [2.75, 3.05) is 50.0 Å². The highest BCUT2D eigenvalue weighted by molar-refractivity contribution is 7.13. The molecule has 2 aliphatic heterocycles. The normalized spacial score (nSPS) is 18.4. The van der Waals surface area contributed by atoms with Crippen LogP contribution in [0.1, 0.15) is 11.1 Å². The van der Waals surface area contributed by atoms with Gasteiger partial charge in [-0.1, -0.05) is 18.2 Å². The van der Waals surface area contributed by atoms with E-state index in [2.05, 4.69) is 93.7 Å². The Balaban J connectivity index is 1.29. The number of hydrogen-bond acceptors (Lipinski definition) is 5. The lowest BCUT2D eigenvalue weighted by Gasteiger charge is -2.34. The Morgan fingerprint density at radius 2 is 1.80 bits per heavy atom. The summed E-state index contributed by atoms with van der Waals surface area (Å²) in [7, 11) is 2.19. The summed E-state index contributed by atoms with van der Waals surface area (Å²) < 4.78 is 0. The van der Waals surface area contributed by atoms with E-state index in [-0.39, 0.29) is 0 Å². The Labute approximate surface area is 182 Å².